The predicted octanol–water partition coefficient (Wildman–Crippen LogP) is 7.12. The summed E-state index contributed by atoms with van der Waals surface area (Å²) in [4.78, 5) is 11.5. The number of benzene rings is 2. The van der Waals surface area contributed by atoms with Gasteiger partial charge in [-0.1, -0.05) is 88.2 Å². The van der Waals surface area contributed by atoms with Crippen LogP contribution >= 0.6 is 0 Å². The molecule has 1 aliphatic rings. The molecule has 0 N–H and O–H groups in total. The Bertz CT molecular complexity index is 1470. The Morgan fingerprint density at radius 3 is 2.44 bits per heavy atom. The van der Waals surface area contributed by atoms with Crippen molar-refractivity contribution in [3.8, 4) is 6.07 Å². The van der Waals surface area contributed by atoms with E-state index in [-0.39, 0.29) is 0 Å². The van der Waals surface area contributed by atoms with Gasteiger partial charge in [-0.25, -0.2) is 10.0 Å². The van der Waals surface area contributed by atoms with Crippen molar-refractivity contribution in [1.82, 2.24) is 14.6 Å². The molecule has 200 valence electrons. The number of nitrogens with zero attached hydrogens (tertiary/aromatic N) is 7. The lowest BCUT2D eigenvalue weighted by Crippen LogP contribution is -2.23. The highest BCUT2D eigenvalue weighted by Gasteiger charge is 2.26. The van der Waals surface area contributed by atoms with E-state index in [1.54, 1.807) is 11.3 Å². The van der Waals surface area contributed by atoms with Gasteiger partial charge in [-0.15, -0.1) is 0 Å². The van der Waals surface area contributed by atoms with Gasteiger partial charge in [0.1, 0.15) is 29.5 Å². The molecule has 7 nitrogen and oxygen atoms in total. The van der Waals surface area contributed by atoms with Crippen LogP contribution in [0.25, 0.3) is 10.8 Å². The zero-order valence-electron chi connectivity index (χ0n) is 23.4. The smallest absolute Gasteiger partial charge is 0.129 e. The van der Waals surface area contributed by atoms with E-state index in [2.05, 4.69) is 65.6 Å². The van der Waals surface area contributed by atoms with E-state index in [1.807, 2.05) is 55.9 Å². The zero-order valence-corrected chi connectivity index (χ0v) is 23.4. The maximum absolute atomic E-state index is 10.2. The Labute approximate surface area is 231 Å². The standard InChI is InChI=1S/C29H29N7.C3H8/c1-3-4-16-34(2)29-25(17-30)28-27(36(29)19-22-10-6-5-7-11-22)18-33-35(21-32-28)20-26-24-13-9-8-12-23(24)14-15-31-26;1-3-2/h5-15,18,21H,3-4,16,19-20H2,1-2H3;3H2,1-2H3. The maximum atomic E-state index is 10.2. The van der Waals surface area contributed by atoms with Crippen LogP contribution in [-0.2, 0) is 13.1 Å². The molecule has 0 radical (unpaired) electrons. The van der Waals surface area contributed by atoms with E-state index >= 15 is 0 Å². The first-order valence-corrected chi connectivity index (χ1v) is 13.7. The van der Waals surface area contributed by atoms with Gasteiger partial charge in [0.15, 0.2) is 0 Å². The highest BCUT2D eigenvalue weighted by Crippen LogP contribution is 2.37. The SMILES string of the molecule is CCC.CCCCN(C)c1c(C#N)c2c(n1Cc1ccccc1)C=NN(Cc1nccc3ccccc13)C=N2. The molecule has 2 aromatic heterocycles. The molecule has 0 saturated heterocycles. The van der Waals surface area contributed by atoms with Crippen LogP contribution in [0.15, 0.2) is 77.0 Å². The number of nitriles is 1. The van der Waals surface area contributed by atoms with Gasteiger partial charge < -0.3 is 9.47 Å². The molecule has 7 heteroatoms. The van der Waals surface area contributed by atoms with Gasteiger partial charge in [-0.2, -0.15) is 10.4 Å². The second kappa shape index (κ2) is 13.4. The number of unbranched alkanes of at least 4 members (excludes halogenated alkanes) is 1. The fourth-order valence-electron chi connectivity index (χ4n) is 4.63. The van der Waals surface area contributed by atoms with Crippen molar-refractivity contribution < 1.29 is 0 Å². The second-order valence-corrected chi connectivity index (χ2v) is 9.66. The number of anilines is 1. The minimum atomic E-state index is 0.482. The number of hydrazone groups is 1. The van der Waals surface area contributed by atoms with Gasteiger partial charge in [0.2, 0.25) is 0 Å². The van der Waals surface area contributed by atoms with Gasteiger partial charge in [0.25, 0.3) is 0 Å². The first-order chi connectivity index (χ1) is 19.1. The Hall–Kier alpha value is -4.44. The van der Waals surface area contributed by atoms with Crippen LogP contribution in [0.1, 0.15) is 62.5 Å². The summed E-state index contributed by atoms with van der Waals surface area (Å²) < 4.78 is 2.17. The maximum Gasteiger partial charge on any atom is 0.129 e. The molecule has 1 aliphatic heterocycles. The van der Waals surface area contributed by atoms with Crippen LogP contribution in [0.4, 0.5) is 11.5 Å². The van der Waals surface area contributed by atoms with Crippen molar-refractivity contribution in [3.05, 3.63) is 89.4 Å². The van der Waals surface area contributed by atoms with E-state index in [9.17, 15) is 5.26 Å². The summed E-state index contributed by atoms with van der Waals surface area (Å²) >= 11 is 0. The molecule has 3 heterocycles. The summed E-state index contributed by atoms with van der Waals surface area (Å²) in [6.45, 7) is 8.40. The van der Waals surface area contributed by atoms with Crippen LogP contribution < -0.4 is 4.90 Å². The van der Waals surface area contributed by atoms with Crippen LogP contribution in [-0.4, -0.2) is 40.7 Å². The van der Waals surface area contributed by atoms with Crippen molar-refractivity contribution in [2.45, 2.75) is 53.1 Å². The lowest BCUT2D eigenvalue weighted by Gasteiger charge is -2.22. The normalized spacial score (nSPS) is 11.9. The lowest BCUT2D eigenvalue weighted by molar-refractivity contribution is 0.452. The highest BCUT2D eigenvalue weighted by molar-refractivity contribution is 5.94. The molecule has 0 atom stereocenters. The highest BCUT2D eigenvalue weighted by atomic mass is 15.5. The van der Waals surface area contributed by atoms with Crippen molar-refractivity contribution >= 4 is 34.8 Å². The third kappa shape index (κ3) is 6.35. The average Bonchev–Trinajstić information content (AvgIpc) is 3.10. The van der Waals surface area contributed by atoms with Gasteiger partial charge in [0.05, 0.1) is 24.1 Å². The summed E-state index contributed by atoms with van der Waals surface area (Å²) in [5.41, 5.74) is 4.15. The van der Waals surface area contributed by atoms with Crippen LogP contribution in [0.5, 0.6) is 0 Å². The number of hydrogen-bond donors (Lipinski definition) is 0. The summed E-state index contributed by atoms with van der Waals surface area (Å²) in [6, 6.07) is 22.9. The van der Waals surface area contributed by atoms with Gasteiger partial charge in [-0.3, -0.25) is 4.98 Å². The number of pyridine rings is 1. The quantitative estimate of drug-likeness (QED) is 0.248. The molecule has 0 unspecified atom stereocenters. The summed E-state index contributed by atoms with van der Waals surface area (Å²) in [5, 5.41) is 19.0. The molecule has 0 amide bonds. The van der Waals surface area contributed by atoms with E-state index in [0.717, 1.165) is 52.9 Å². The largest absolute Gasteiger partial charge is 0.360 e. The summed E-state index contributed by atoms with van der Waals surface area (Å²) in [7, 11) is 2.05. The zero-order chi connectivity index (χ0) is 27.6. The molecule has 2 aromatic carbocycles. The van der Waals surface area contributed by atoms with Crippen LogP contribution in [0, 0.1) is 11.3 Å². The molecule has 0 spiro atoms. The van der Waals surface area contributed by atoms with Gasteiger partial charge in [0, 0.05) is 31.7 Å². The summed E-state index contributed by atoms with van der Waals surface area (Å²) in [5.74, 6) is 0.882. The lowest BCUT2D eigenvalue weighted by atomic mass is 10.1. The molecular formula is C32H37N7. The van der Waals surface area contributed by atoms with Crippen LogP contribution in [0.3, 0.4) is 0 Å². The second-order valence-electron chi connectivity index (χ2n) is 9.66. The molecule has 0 aliphatic carbocycles. The Balaban J connectivity index is 0.00000112. The third-order valence-electron chi connectivity index (χ3n) is 6.47. The first-order valence-electron chi connectivity index (χ1n) is 13.7. The Morgan fingerprint density at radius 2 is 1.69 bits per heavy atom. The van der Waals surface area contributed by atoms with Crippen molar-refractivity contribution in [2.24, 2.45) is 10.1 Å². The molecule has 39 heavy (non-hydrogen) atoms. The molecule has 0 fully saturated rings. The molecule has 0 saturated carbocycles. The number of aliphatic imine (C=N–C) groups is 1. The number of rotatable bonds is 8. The molecular weight excluding hydrogens is 482 g/mol. The molecule has 4 aromatic rings. The monoisotopic (exact) mass is 519 g/mol. The topological polar surface area (TPSA) is 72.8 Å². The van der Waals surface area contributed by atoms with Crippen molar-refractivity contribution in [2.75, 3.05) is 18.5 Å². The molecule has 5 rings (SSSR count). The van der Waals surface area contributed by atoms with Gasteiger partial charge >= 0.3 is 0 Å². The van der Waals surface area contributed by atoms with E-state index in [0.29, 0.717) is 24.3 Å². The van der Waals surface area contributed by atoms with Crippen molar-refractivity contribution in [3.63, 3.8) is 0 Å². The Morgan fingerprint density at radius 1 is 0.949 bits per heavy atom. The third-order valence-corrected chi connectivity index (χ3v) is 6.47. The van der Waals surface area contributed by atoms with Crippen LogP contribution in [0.2, 0.25) is 0 Å². The summed E-state index contributed by atoms with van der Waals surface area (Å²) in [6.07, 6.45) is 8.74. The van der Waals surface area contributed by atoms with E-state index in [1.165, 1.54) is 6.42 Å². The van der Waals surface area contributed by atoms with E-state index < -0.39 is 0 Å². The van der Waals surface area contributed by atoms with Gasteiger partial charge in [-0.05, 0) is 23.4 Å². The minimum absolute atomic E-state index is 0.482. The van der Waals surface area contributed by atoms with E-state index in [4.69, 9.17) is 10.1 Å². The molecule has 0 bridgehead atoms. The average molecular weight is 520 g/mol. The fraction of sp³-hybridized carbons (Fsp3) is 0.312. The Kier molecular flexibility index (Phi) is 9.47. The minimum Gasteiger partial charge on any atom is -0.360 e. The predicted molar refractivity (Wildman–Crippen MR) is 162 cm³/mol. The first kappa shape index (κ1) is 27.6. The fourth-order valence-corrected chi connectivity index (χ4v) is 4.63. The number of fused-ring (bicyclic) bond motifs is 2. The van der Waals surface area contributed by atoms with Crippen molar-refractivity contribution in [1.29, 1.82) is 5.26 Å². The number of hydrogen-bond acceptors (Lipinski definition) is 6. The number of aromatic nitrogens is 2.